The van der Waals surface area contributed by atoms with E-state index < -0.39 is 23.6 Å². The number of alkyl halides is 3. The fourth-order valence-electron chi connectivity index (χ4n) is 2.89. The molecule has 0 aliphatic heterocycles. The number of hydrogen-bond acceptors (Lipinski definition) is 7. The van der Waals surface area contributed by atoms with Gasteiger partial charge in [0.05, 0.1) is 28.5 Å². The van der Waals surface area contributed by atoms with Gasteiger partial charge in [0.15, 0.2) is 10.8 Å². The molecule has 1 aromatic carbocycles. The Kier molecular flexibility index (Phi) is 4.93. The number of aryl methyl sites for hydroxylation is 1. The molecular weight excluding hydrogens is 435 g/mol. The van der Waals surface area contributed by atoms with Gasteiger partial charge in [0.2, 0.25) is 0 Å². The highest BCUT2D eigenvalue weighted by Gasteiger charge is 2.31. The maximum atomic E-state index is 13.1. The molecule has 0 radical (unpaired) electrons. The second-order valence-electron chi connectivity index (χ2n) is 6.37. The largest absolute Gasteiger partial charge is 0.416 e. The second kappa shape index (κ2) is 7.47. The molecule has 3 aromatic heterocycles. The van der Waals surface area contributed by atoms with E-state index in [4.69, 9.17) is 10.6 Å². The van der Waals surface area contributed by atoms with E-state index in [1.165, 1.54) is 17.5 Å². The van der Waals surface area contributed by atoms with Crippen LogP contribution in [0.3, 0.4) is 0 Å². The van der Waals surface area contributed by atoms with Gasteiger partial charge in [-0.3, -0.25) is 4.79 Å². The van der Waals surface area contributed by atoms with Gasteiger partial charge in [0.1, 0.15) is 5.56 Å². The van der Waals surface area contributed by atoms with Crippen molar-refractivity contribution in [2.45, 2.75) is 13.1 Å². The molecule has 2 N–H and O–H groups in total. The van der Waals surface area contributed by atoms with Crippen LogP contribution in [0.1, 0.15) is 32.0 Å². The molecule has 0 saturated carbocycles. The topological polar surface area (TPSA) is 113 Å². The normalized spacial score (nSPS) is 11.6. The van der Waals surface area contributed by atoms with Crippen molar-refractivity contribution >= 4 is 34.1 Å². The average Bonchev–Trinajstić information content (AvgIpc) is 3.35. The zero-order valence-electron chi connectivity index (χ0n) is 15.7. The molecule has 0 aliphatic rings. The van der Waals surface area contributed by atoms with Crippen LogP contribution in [-0.4, -0.2) is 31.6 Å². The standard InChI is InChI=1S/C19H12F3N5O3S/c1-9-12(7-25-16(26-9)17-24-4-5-31-17)18(29)30-27-8-13(15(23)28)11-3-2-10(6-14(11)27)19(20,21)22/h2-8H,1H3,(H2,23,28). The zero-order valence-corrected chi connectivity index (χ0v) is 16.5. The third kappa shape index (κ3) is 3.84. The van der Waals surface area contributed by atoms with Gasteiger partial charge in [-0.2, -0.15) is 17.9 Å². The lowest BCUT2D eigenvalue weighted by molar-refractivity contribution is -0.137. The SMILES string of the molecule is Cc1nc(-c2nccs2)ncc1C(=O)On1cc(C(N)=O)c2ccc(C(F)(F)F)cc21. The number of carbonyl (C=O) groups is 2. The summed E-state index contributed by atoms with van der Waals surface area (Å²) in [6.45, 7) is 1.56. The molecule has 0 atom stereocenters. The third-order valence-electron chi connectivity index (χ3n) is 4.37. The van der Waals surface area contributed by atoms with Gasteiger partial charge in [-0.25, -0.2) is 19.7 Å². The Hall–Kier alpha value is -3.80. The summed E-state index contributed by atoms with van der Waals surface area (Å²) in [6, 6.07) is 2.68. The van der Waals surface area contributed by atoms with Crippen LogP contribution in [0, 0.1) is 6.92 Å². The summed E-state index contributed by atoms with van der Waals surface area (Å²) in [5.41, 5.74) is 4.38. The summed E-state index contributed by atoms with van der Waals surface area (Å²) in [5, 5.41) is 2.42. The molecule has 4 rings (SSSR count). The molecule has 3 heterocycles. The molecule has 0 saturated heterocycles. The van der Waals surface area contributed by atoms with Crippen molar-refractivity contribution in [3.8, 4) is 10.8 Å². The van der Waals surface area contributed by atoms with Crippen molar-refractivity contribution in [2.24, 2.45) is 5.73 Å². The molecule has 0 unspecified atom stereocenters. The van der Waals surface area contributed by atoms with Crippen molar-refractivity contribution in [3.63, 3.8) is 0 Å². The van der Waals surface area contributed by atoms with Crippen LogP contribution in [0.4, 0.5) is 13.2 Å². The number of amides is 1. The maximum Gasteiger partial charge on any atom is 0.416 e. The first-order valence-electron chi connectivity index (χ1n) is 8.63. The minimum Gasteiger partial charge on any atom is -0.366 e. The minimum absolute atomic E-state index is 0.00485. The van der Waals surface area contributed by atoms with Crippen molar-refractivity contribution in [1.29, 1.82) is 0 Å². The number of nitrogens with zero attached hydrogens (tertiary/aromatic N) is 4. The summed E-state index contributed by atoms with van der Waals surface area (Å²) in [5.74, 6) is -1.48. The number of halogens is 3. The summed E-state index contributed by atoms with van der Waals surface area (Å²) < 4.78 is 40.1. The van der Waals surface area contributed by atoms with E-state index in [0.29, 0.717) is 10.8 Å². The van der Waals surface area contributed by atoms with Gasteiger partial charge in [0, 0.05) is 23.2 Å². The monoisotopic (exact) mass is 447 g/mol. The number of primary amides is 1. The first-order chi connectivity index (χ1) is 14.6. The number of benzene rings is 1. The van der Waals surface area contributed by atoms with E-state index in [0.717, 1.165) is 29.1 Å². The van der Waals surface area contributed by atoms with Crippen molar-refractivity contribution in [2.75, 3.05) is 0 Å². The third-order valence-corrected chi connectivity index (χ3v) is 5.14. The number of nitrogens with two attached hydrogens (primary N) is 1. The molecule has 0 aliphatic carbocycles. The number of hydrogen-bond donors (Lipinski definition) is 1. The minimum atomic E-state index is -4.63. The first kappa shape index (κ1) is 20.5. The highest BCUT2D eigenvalue weighted by atomic mass is 32.1. The molecule has 0 bridgehead atoms. The number of aromatic nitrogens is 4. The predicted octanol–water partition coefficient (Wildman–Crippen LogP) is 3.25. The van der Waals surface area contributed by atoms with E-state index in [-0.39, 0.29) is 27.7 Å². The van der Waals surface area contributed by atoms with Crippen LogP contribution in [0.15, 0.2) is 42.2 Å². The first-order valence-corrected chi connectivity index (χ1v) is 9.51. The Labute approximate surface area is 176 Å². The van der Waals surface area contributed by atoms with Crippen LogP contribution in [0.25, 0.3) is 21.7 Å². The lowest BCUT2D eigenvalue weighted by Gasteiger charge is -2.10. The molecule has 158 valence electrons. The second-order valence-corrected chi connectivity index (χ2v) is 7.27. The summed E-state index contributed by atoms with van der Waals surface area (Å²) in [7, 11) is 0. The molecular formula is C19H12F3N5O3S. The quantitative estimate of drug-likeness (QED) is 0.514. The Morgan fingerprint density at radius 3 is 2.58 bits per heavy atom. The average molecular weight is 447 g/mol. The molecule has 0 fully saturated rings. The molecule has 1 amide bonds. The molecule has 0 spiro atoms. The molecule has 4 aromatic rings. The Morgan fingerprint density at radius 1 is 1.19 bits per heavy atom. The van der Waals surface area contributed by atoms with Crippen molar-refractivity contribution in [1.82, 2.24) is 19.7 Å². The molecule has 31 heavy (non-hydrogen) atoms. The highest BCUT2D eigenvalue weighted by Crippen LogP contribution is 2.32. The van der Waals surface area contributed by atoms with E-state index in [9.17, 15) is 22.8 Å². The fraction of sp³-hybridized carbons (Fsp3) is 0.105. The van der Waals surface area contributed by atoms with E-state index in [1.807, 2.05) is 0 Å². The molecule has 12 heteroatoms. The van der Waals surface area contributed by atoms with Crippen LogP contribution in [-0.2, 0) is 6.18 Å². The van der Waals surface area contributed by atoms with Crippen LogP contribution in [0.5, 0.6) is 0 Å². The van der Waals surface area contributed by atoms with Gasteiger partial charge in [0.25, 0.3) is 5.91 Å². The highest BCUT2D eigenvalue weighted by molar-refractivity contribution is 7.13. The summed E-state index contributed by atoms with van der Waals surface area (Å²) >= 11 is 1.32. The van der Waals surface area contributed by atoms with Gasteiger partial charge >= 0.3 is 12.1 Å². The van der Waals surface area contributed by atoms with Gasteiger partial charge in [-0.15, -0.1) is 11.3 Å². The van der Waals surface area contributed by atoms with Gasteiger partial charge in [-0.1, -0.05) is 6.07 Å². The van der Waals surface area contributed by atoms with Crippen LogP contribution in [0.2, 0.25) is 0 Å². The number of thiazole rings is 1. The van der Waals surface area contributed by atoms with Crippen LogP contribution >= 0.6 is 11.3 Å². The zero-order chi connectivity index (χ0) is 22.3. The summed E-state index contributed by atoms with van der Waals surface area (Å²) in [6.07, 6.45) is -0.742. The van der Waals surface area contributed by atoms with E-state index >= 15 is 0 Å². The van der Waals surface area contributed by atoms with Crippen LogP contribution < -0.4 is 10.6 Å². The summed E-state index contributed by atoms with van der Waals surface area (Å²) in [4.78, 5) is 42.0. The predicted molar refractivity (Wildman–Crippen MR) is 104 cm³/mol. The number of rotatable bonds is 4. The van der Waals surface area contributed by atoms with E-state index in [1.54, 1.807) is 18.5 Å². The van der Waals surface area contributed by atoms with Gasteiger partial charge < -0.3 is 10.6 Å². The van der Waals surface area contributed by atoms with Gasteiger partial charge in [-0.05, 0) is 19.1 Å². The smallest absolute Gasteiger partial charge is 0.366 e. The fourth-order valence-corrected chi connectivity index (χ4v) is 3.47. The van der Waals surface area contributed by atoms with E-state index in [2.05, 4.69) is 15.0 Å². The lowest BCUT2D eigenvalue weighted by atomic mass is 10.1. The maximum absolute atomic E-state index is 13.1. The Balaban J connectivity index is 1.72. The van der Waals surface area contributed by atoms with Crippen molar-refractivity contribution < 1.29 is 27.6 Å². The Bertz CT molecular complexity index is 1320. The Morgan fingerprint density at radius 2 is 1.97 bits per heavy atom. The van der Waals surface area contributed by atoms with Crippen molar-refractivity contribution in [3.05, 3.63) is 64.6 Å². The molecule has 8 nitrogen and oxygen atoms in total. The lowest BCUT2D eigenvalue weighted by Crippen LogP contribution is -2.21. The number of fused-ring (bicyclic) bond motifs is 1. The number of carbonyl (C=O) groups excluding carboxylic acids is 2.